The van der Waals surface area contributed by atoms with Crippen LogP contribution >= 0.6 is 0 Å². The van der Waals surface area contributed by atoms with Gasteiger partial charge in [0.25, 0.3) is 0 Å². The van der Waals surface area contributed by atoms with Crippen LogP contribution in [0.2, 0.25) is 0 Å². The number of anilines is 1. The monoisotopic (exact) mass is 294 g/mol. The number of hydrogen-bond acceptors (Lipinski definition) is 5. The minimum Gasteiger partial charge on any atom is -0.490 e. The molecule has 2 aromatic rings. The Morgan fingerprint density at radius 3 is 2.90 bits per heavy atom. The van der Waals surface area contributed by atoms with Gasteiger partial charge in [0.1, 0.15) is 0 Å². The van der Waals surface area contributed by atoms with Gasteiger partial charge in [-0.25, -0.2) is 4.39 Å². The van der Waals surface area contributed by atoms with E-state index in [2.05, 4.69) is 10.4 Å². The Morgan fingerprint density at radius 2 is 2.33 bits per heavy atom. The van der Waals surface area contributed by atoms with E-state index in [0.29, 0.717) is 6.54 Å². The van der Waals surface area contributed by atoms with Crippen LogP contribution in [0.25, 0.3) is 0 Å². The molecule has 2 rings (SSSR count). The summed E-state index contributed by atoms with van der Waals surface area (Å²) in [5.41, 5.74) is -0.252. The lowest BCUT2D eigenvalue weighted by molar-refractivity contribution is -0.385. The summed E-state index contributed by atoms with van der Waals surface area (Å²) in [6.45, 7) is 2.39. The second-order valence-corrected chi connectivity index (χ2v) is 4.53. The standard InChI is InChI=1S/C13H15FN4O3/c1-9(8-17-5-3-4-15-17)16-11-7-13(21-2)12(18(19)20)6-10(11)14/h3-7,9,16H,8H2,1-2H3. The molecular weight excluding hydrogens is 279 g/mol. The molecule has 0 bridgehead atoms. The van der Waals surface area contributed by atoms with Crippen molar-refractivity contribution in [2.75, 3.05) is 12.4 Å². The van der Waals surface area contributed by atoms with E-state index in [1.165, 1.54) is 13.2 Å². The van der Waals surface area contributed by atoms with Gasteiger partial charge in [0.15, 0.2) is 11.6 Å². The fourth-order valence-electron chi connectivity index (χ4n) is 1.96. The van der Waals surface area contributed by atoms with Crippen LogP contribution in [0.1, 0.15) is 6.92 Å². The van der Waals surface area contributed by atoms with Gasteiger partial charge in [-0.2, -0.15) is 5.10 Å². The number of hydrogen-bond donors (Lipinski definition) is 1. The number of nitrogens with zero attached hydrogens (tertiary/aromatic N) is 3. The number of benzene rings is 1. The molecule has 1 N–H and O–H groups in total. The highest BCUT2D eigenvalue weighted by Crippen LogP contribution is 2.32. The molecule has 0 aliphatic carbocycles. The van der Waals surface area contributed by atoms with Crippen molar-refractivity contribution in [1.82, 2.24) is 9.78 Å². The lowest BCUT2D eigenvalue weighted by atomic mass is 10.2. The predicted molar refractivity (Wildman–Crippen MR) is 74.9 cm³/mol. The largest absolute Gasteiger partial charge is 0.490 e. The topological polar surface area (TPSA) is 82.2 Å². The SMILES string of the molecule is COc1cc(NC(C)Cn2cccn2)c(F)cc1[N+](=O)[O-]. The maximum atomic E-state index is 13.9. The third kappa shape index (κ3) is 3.47. The van der Waals surface area contributed by atoms with Crippen molar-refractivity contribution in [3.63, 3.8) is 0 Å². The van der Waals surface area contributed by atoms with Crippen molar-refractivity contribution < 1.29 is 14.1 Å². The molecule has 0 saturated carbocycles. The average Bonchev–Trinajstić information content (AvgIpc) is 2.93. The van der Waals surface area contributed by atoms with E-state index in [-0.39, 0.29) is 17.5 Å². The van der Waals surface area contributed by atoms with Crippen molar-refractivity contribution in [2.45, 2.75) is 19.5 Å². The molecular formula is C13H15FN4O3. The quantitative estimate of drug-likeness (QED) is 0.653. The zero-order valence-corrected chi connectivity index (χ0v) is 11.6. The summed E-state index contributed by atoms with van der Waals surface area (Å²) in [4.78, 5) is 10.1. The van der Waals surface area contributed by atoms with Gasteiger partial charge in [0.05, 0.1) is 30.3 Å². The number of nitro benzene ring substituents is 1. The van der Waals surface area contributed by atoms with Crippen LogP contribution in [0.5, 0.6) is 5.75 Å². The second-order valence-electron chi connectivity index (χ2n) is 4.53. The van der Waals surface area contributed by atoms with Crippen LogP contribution in [-0.2, 0) is 6.54 Å². The third-order valence-electron chi connectivity index (χ3n) is 2.89. The predicted octanol–water partition coefficient (Wildman–Crippen LogP) is 2.44. The number of nitrogens with one attached hydrogen (secondary N) is 1. The maximum Gasteiger partial charge on any atom is 0.313 e. The van der Waals surface area contributed by atoms with Crippen LogP contribution in [0.3, 0.4) is 0 Å². The zero-order valence-electron chi connectivity index (χ0n) is 11.6. The Morgan fingerprint density at radius 1 is 1.57 bits per heavy atom. The van der Waals surface area contributed by atoms with Gasteiger partial charge in [-0.3, -0.25) is 14.8 Å². The molecule has 7 nitrogen and oxygen atoms in total. The first-order valence-corrected chi connectivity index (χ1v) is 6.27. The van der Waals surface area contributed by atoms with Crippen molar-refractivity contribution in [3.8, 4) is 5.75 Å². The first-order chi connectivity index (χ1) is 10.0. The summed E-state index contributed by atoms with van der Waals surface area (Å²) in [6.07, 6.45) is 3.45. The molecule has 0 amide bonds. The summed E-state index contributed by atoms with van der Waals surface area (Å²) in [5, 5.41) is 17.8. The molecule has 0 spiro atoms. The van der Waals surface area contributed by atoms with E-state index in [0.717, 1.165) is 6.07 Å². The zero-order chi connectivity index (χ0) is 15.4. The normalized spacial score (nSPS) is 12.0. The molecule has 0 radical (unpaired) electrons. The minimum absolute atomic E-state index is 0.00943. The third-order valence-corrected chi connectivity index (χ3v) is 2.89. The van der Waals surface area contributed by atoms with Crippen LogP contribution in [0.15, 0.2) is 30.6 Å². The Bertz CT molecular complexity index is 631. The Kier molecular flexibility index (Phi) is 4.36. The molecule has 1 heterocycles. The van der Waals surface area contributed by atoms with E-state index < -0.39 is 16.4 Å². The Hall–Kier alpha value is -2.64. The molecule has 1 atom stereocenters. The summed E-state index contributed by atoms with van der Waals surface area (Å²) >= 11 is 0. The molecule has 21 heavy (non-hydrogen) atoms. The average molecular weight is 294 g/mol. The van der Waals surface area contributed by atoms with Crippen LogP contribution in [0, 0.1) is 15.9 Å². The highest BCUT2D eigenvalue weighted by molar-refractivity contribution is 5.59. The smallest absolute Gasteiger partial charge is 0.313 e. The molecule has 0 fully saturated rings. The van der Waals surface area contributed by atoms with Crippen molar-refractivity contribution >= 4 is 11.4 Å². The Balaban J connectivity index is 2.17. The van der Waals surface area contributed by atoms with Crippen LogP contribution < -0.4 is 10.1 Å². The van der Waals surface area contributed by atoms with Gasteiger partial charge in [0.2, 0.25) is 0 Å². The van der Waals surface area contributed by atoms with E-state index in [4.69, 9.17) is 4.74 Å². The summed E-state index contributed by atoms with van der Waals surface area (Å²) < 4.78 is 20.6. The molecule has 112 valence electrons. The van der Waals surface area contributed by atoms with Crippen molar-refractivity contribution in [1.29, 1.82) is 0 Å². The number of aromatic nitrogens is 2. The fourth-order valence-corrected chi connectivity index (χ4v) is 1.96. The minimum atomic E-state index is -0.699. The second kappa shape index (κ2) is 6.21. The van der Waals surface area contributed by atoms with E-state index >= 15 is 0 Å². The first kappa shape index (κ1) is 14.8. The highest BCUT2D eigenvalue weighted by Gasteiger charge is 2.20. The Labute approximate surface area is 120 Å². The molecule has 1 aromatic carbocycles. The molecule has 1 unspecified atom stereocenters. The van der Waals surface area contributed by atoms with Gasteiger partial charge in [-0.05, 0) is 13.0 Å². The molecule has 0 aliphatic heterocycles. The lowest BCUT2D eigenvalue weighted by Crippen LogP contribution is -2.22. The van der Waals surface area contributed by atoms with E-state index in [1.54, 1.807) is 23.1 Å². The van der Waals surface area contributed by atoms with Crippen molar-refractivity contribution in [3.05, 3.63) is 46.5 Å². The van der Waals surface area contributed by atoms with Crippen LogP contribution in [-0.4, -0.2) is 27.9 Å². The van der Waals surface area contributed by atoms with E-state index in [9.17, 15) is 14.5 Å². The van der Waals surface area contributed by atoms with Gasteiger partial charge in [-0.1, -0.05) is 0 Å². The van der Waals surface area contributed by atoms with Gasteiger partial charge >= 0.3 is 5.69 Å². The molecule has 0 aliphatic rings. The highest BCUT2D eigenvalue weighted by atomic mass is 19.1. The number of halogens is 1. The summed E-state index contributed by atoms with van der Waals surface area (Å²) in [7, 11) is 1.30. The lowest BCUT2D eigenvalue weighted by Gasteiger charge is -2.16. The molecule has 1 aromatic heterocycles. The van der Waals surface area contributed by atoms with Crippen LogP contribution in [0.4, 0.5) is 15.8 Å². The summed E-state index contributed by atoms with van der Waals surface area (Å²) in [5.74, 6) is -0.690. The van der Waals surface area contributed by atoms with Gasteiger partial charge in [0, 0.05) is 24.5 Å². The summed E-state index contributed by atoms with van der Waals surface area (Å²) in [6, 6.07) is 3.81. The fraction of sp³-hybridized carbons (Fsp3) is 0.308. The molecule has 0 saturated heterocycles. The van der Waals surface area contributed by atoms with Gasteiger partial charge in [-0.15, -0.1) is 0 Å². The first-order valence-electron chi connectivity index (χ1n) is 6.27. The number of nitro groups is 1. The van der Waals surface area contributed by atoms with Gasteiger partial charge < -0.3 is 10.1 Å². The molecule has 8 heteroatoms. The van der Waals surface area contributed by atoms with Crippen molar-refractivity contribution in [2.24, 2.45) is 0 Å². The maximum absolute atomic E-state index is 13.9. The number of rotatable bonds is 6. The number of ether oxygens (including phenoxy) is 1. The number of methoxy groups -OCH3 is 1. The van der Waals surface area contributed by atoms with E-state index in [1.807, 2.05) is 6.92 Å².